The number of H-pyrrole nitrogens is 1. The number of para-hydroxylation sites is 1. The molecule has 0 bridgehead atoms. The van der Waals surface area contributed by atoms with Crippen LogP contribution in [0.3, 0.4) is 0 Å². The Balaban J connectivity index is 1.60. The summed E-state index contributed by atoms with van der Waals surface area (Å²) in [5.41, 5.74) is 1.61. The van der Waals surface area contributed by atoms with E-state index < -0.39 is 0 Å². The van der Waals surface area contributed by atoms with Gasteiger partial charge in [-0.25, -0.2) is 4.98 Å². The molecule has 1 aromatic carbocycles. The van der Waals surface area contributed by atoms with Crippen LogP contribution < -0.4 is 5.32 Å². The highest BCUT2D eigenvalue weighted by molar-refractivity contribution is 5.98. The Bertz CT molecular complexity index is 746. The fourth-order valence-electron chi connectivity index (χ4n) is 2.28. The van der Waals surface area contributed by atoms with Gasteiger partial charge in [-0.2, -0.15) is 5.10 Å². The van der Waals surface area contributed by atoms with E-state index in [9.17, 15) is 4.79 Å². The number of aromatic nitrogens is 3. The lowest BCUT2D eigenvalue weighted by atomic mass is 10.1. The van der Waals surface area contributed by atoms with Gasteiger partial charge in [0.15, 0.2) is 5.76 Å². The first kappa shape index (κ1) is 13.4. The number of amides is 1. The van der Waals surface area contributed by atoms with Crippen molar-refractivity contribution in [2.24, 2.45) is 0 Å². The van der Waals surface area contributed by atoms with Gasteiger partial charge in [-0.3, -0.25) is 9.89 Å². The molecule has 0 radical (unpaired) electrons. The normalized spacial score (nSPS) is 10.9. The first-order chi connectivity index (χ1) is 10.3. The second-order valence-electron chi connectivity index (χ2n) is 4.84. The topological polar surface area (TPSA) is 83.8 Å². The molecule has 21 heavy (non-hydrogen) atoms. The van der Waals surface area contributed by atoms with Crippen LogP contribution in [0.1, 0.15) is 28.4 Å². The van der Waals surface area contributed by atoms with Gasteiger partial charge in [0.2, 0.25) is 0 Å². The summed E-state index contributed by atoms with van der Waals surface area (Å²) in [5.74, 6) is 1.03. The van der Waals surface area contributed by atoms with E-state index in [0.29, 0.717) is 12.3 Å². The number of aryl methyl sites for hydroxylation is 2. The van der Waals surface area contributed by atoms with Crippen LogP contribution in [-0.2, 0) is 6.42 Å². The highest BCUT2D eigenvalue weighted by atomic mass is 16.3. The summed E-state index contributed by atoms with van der Waals surface area (Å²) in [6.07, 6.45) is 3.02. The van der Waals surface area contributed by atoms with Crippen LogP contribution in [-0.4, -0.2) is 27.6 Å². The number of furan rings is 1. The quantitative estimate of drug-likeness (QED) is 0.704. The number of carbonyl (C=O) groups is 1. The SMILES string of the molecule is Cc1c(C(=O)NCCCc2ncn[nH]2)oc2ccccc12. The summed E-state index contributed by atoms with van der Waals surface area (Å²) in [5, 5.41) is 10.4. The number of aromatic amines is 1. The molecule has 0 fully saturated rings. The maximum absolute atomic E-state index is 12.2. The third-order valence-corrected chi connectivity index (χ3v) is 3.39. The van der Waals surface area contributed by atoms with E-state index in [4.69, 9.17) is 4.42 Å². The molecule has 2 heterocycles. The van der Waals surface area contributed by atoms with Gasteiger partial charge in [0, 0.05) is 23.9 Å². The molecule has 0 aliphatic carbocycles. The van der Waals surface area contributed by atoms with Crippen molar-refractivity contribution in [1.29, 1.82) is 0 Å². The van der Waals surface area contributed by atoms with Crippen molar-refractivity contribution in [2.45, 2.75) is 19.8 Å². The van der Waals surface area contributed by atoms with Crippen LogP contribution in [0.4, 0.5) is 0 Å². The second kappa shape index (κ2) is 5.78. The number of hydrogen-bond acceptors (Lipinski definition) is 4. The highest BCUT2D eigenvalue weighted by Gasteiger charge is 2.16. The van der Waals surface area contributed by atoms with Gasteiger partial charge in [-0.1, -0.05) is 18.2 Å². The zero-order valence-electron chi connectivity index (χ0n) is 11.7. The largest absolute Gasteiger partial charge is 0.451 e. The highest BCUT2D eigenvalue weighted by Crippen LogP contribution is 2.24. The molecular formula is C15H16N4O2. The van der Waals surface area contributed by atoms with Crippen LogP contribution in [0.15, 0.2) is 35.0 Å². The summed E-state index contributed by atoms with van der Waals surface area (Å²) >= 11 is 0. The first-order valence-corrected chi connectivity index (χ1v) is 6.86. The number of rotatable bonds is 5. The number of carbonyl (C=O) groups excluding carboxylic acids is 1. The molecule has 2 N–H and O–H groups in total. The fourth-order valence-corrected chi connectivity index (χ4v) is 2.28. The second-order valence-corrected chi connectivity index (χ2v) is 4.84. The van der Waals surface area contributed by atoms with E-state index in [1.807, 2.05) is 31.2 Å². The van der Waals surface area contributed by atoms with Crippen LogP contribution in [0.2, 0.25) is 0 Å². The van der Waals surface area contributed by atoms with E-state index in [2.05, 4.69) is 20.5 Å². The standard InChI is InChI=1S/C15H16N4O2/c1-10-11-5-2-3-6-12(11)21-14(10)15(20)16-8-4-7-13-17-9-18-19-13/h2-3,5-6,9H,4,7-8H2,1H3,(H,16,20)(H,17,18,19). The van der Waals surface area contributed by atoms with Gasteiger partial charge < -0.3 is 9.73 Å². The van der Waals surface area contributed by atoms with Gasteiger partial charge in [-0.05, 0) is 19.4 Å². The van der Waals surface area contributed by atoms with E-state index in [-0.39, 0.29) is 5.91 Å². The Labute approximate surface area is 121 Å². The molecule has 6 nitrogen and oxygen atoms in total. The van der Waals surface area contributed by atoms with E-state index >= 15 is 0 Å². The van der Waals surface area contributed by atoms with Crippen molar-refractivity contribution in [2.75, 3.05) is 6.54 Å². The van der Waals surface area contributed by atoms with Gasteiger partial charge in [0.1, 0.15) is 17.7 Å². The summed E-state index contributed by atoms with van der Waals surface area (Å²) in [7, 11) is 0. The maximum atomic E-state index is 12.2. The lowest BCUT2D eigenvalue weighted by molar-refractivity contribution is 0.0927. The molecule has 0 saturated carbocycles. The Morgan fingerprint density at radius 3 is 3.00 bits per heavy atom. The molecule has 3 rings (SSSR count). The maximum Gasteiger partial charge on any atom is 0.287 e. The summed E-state index contributed by atoms with van der Waals surface area (Å²) in [6, 6.07) is 7.65. The van der Waals surface area contributed by atoms with Crippen LogP contribution >= 0.6 is 0 Å². The molecule has 0 aliphatic heterocycles. The minimum Gasteiger partial charge on any atom is -0.451 e. The van der Waals surface area contributed by atoms with Crippen molar-refractivity contribution in [3.05, 3.63) is 47.7 Å². The van der Waals surface area contributed by atoms with Crippen LogP contribution in [0, 0.1) is 6.92 Å². The van der Waals surface area contributed by atoms with Gasteiger partial charge in [0.25, 0.3) is 5.91 Å². The van der Waals surface area contributed by atoms with E-state index in [1.54, 1.807) is 0 Å². The summed E-state index contributed by atoms with van der Waals surface area (Å²) in [4.78, 5) is 16.2. The number of benzene rings is 1. The van der Waals surface area contributed by atoms with Crippen LogP contribution in [0.25, 0.3) is 11.0 Å². The molecule has 0 spiro atoms. The monoisotopic (exact) mass is 284 g/mol. The number of hydrogen-bond donors (Lipinski definition) is 2. The van der Waals surface area contributed by atoms with E-state index in [1.165, 1.54) is 6.33 Å². The predicted molar refractivity (Wildman–Crippen MR) is 78.0 cm³/mol. The van der Waals surface area contributed by atoms with Gasteiger partial charge in [0.05, 0.1) is 0 Å². The van der Waals surface area contributed by atoms with Crippen LogP contribution in [0.5, 0.6) is 0 Å². The zero-order chi connectivity index (χ0) is 14.7. The molecule has 3 aromatic rings. The summed E-state index contributed by atoms with van der Waals surface area (Å²) < 4.78 is 5.62. The van der Waals surface area contributed by atoms with E-state index in [0.717, 1.165) is 35.2 Å². The first-order valence-electron chi connectivity index (χ1n) is 6.86. The van der Waals surface area contributed by atoms with Crippen molar-refractivity contribution in [3.8, 4) is 0 Å². The average Bonchev–Trinajstić information content (AvgIpc) is 3.12. The van der Waals surface area contributed by atoms with Gasteiger partial charge in [-0.15, -0.1) is 0 Å². The van der Waals surface area contributed by atoms with Crippen molar-refractivity contribution in [3.63, 3.8) is 0 Å². The molecule has 0 unspecified atom stereocenters. The molecule has 0 atom stereocenters. The Morgan fingerprint density at radius 2 is 2.24 bits per heavy atom. The van der Waals surface area contributed by atoms with Crippen molar-refractivity contribution >= 4 is 16.9 Å². The smallest absolute Gasteiger partial charge is 0.287 e. The number of nitrogens with one attached hydrogen (secondary N) is 2. The lowest BCUT2D eigenvalue weighted by Gasteiger charge is -2.02. The fraction of sp³-hybridized carbons (Fsp3) is 0.267. The molecular weight excluding hydrogens is 268 g/mol. The van der Waals surface area contributed by atoms with Gasteiger partial charge >= 0.3 is 0 Å². The minimum atomic E-state index is -0.179. The molecule has 2 aromatic heterocycles. The van der Waals surface area contributed by atoms with Crippen molar-refractivity contribution in [1.82, 2.24) is 20.5 Å². The summed E-state index contributed by atoms with van der Waals surface area (Å²) in [6.45, 7) is 2.46. The third kappa shape index (κ3) is 2.79. The average molecular weight is 284 g/mol. The zero-order valence-corrected chi connectivity index (χ0v) is 11.7. The number of fused-ring (bicyclic) bond motifs is 1. The molecule has 6 heteroatoms. The number of nitrogens with zero attached hydrogens (tertiary/aromatic N) is 2. The Morgan fingerprint density at radius 1 is 1.38 bits per heavy atom. The predicted octanol–water partition coefficient (Wildman–Crippen LogP) is 2.22. The molecule has 0 saturated heterocycles. The Kier molecular flexibility index (Phi) is 3.68. The minimum absolute atomic E-state index is 0.179. The molecule has 1 amide bonds. The lowest BCUT2D eigenvalue weighted by Crippen LogP contribution is -2.25. The Hall–Kier alpha value is -2.63. The molecule has 108 valence electrons. The third-order valence-electron chi connectivity index (χ3n) is 3.39. The molecule has 0 aliphatic rings. The van der Waals surface area contributed by atoms with Crippen molar-refractivity contribution < 1.29 is 9.21 Å².